The topological polar surface area (TPSA) is 90.4 Å². The first kappa shape index (κ1) is 25.0. The van der Waals surface area contributed by atoms with Gasteiger partial charge in [0.25, 0.3) is 0 Å². The van der Waals surface area contributed by atoms with Crippen molar-refractivity contribution in [1.82, 2.24) is 4.31 Å². The molecule has 0 radical (unpaired) electrons. The normalized spacial score (nSPS) is 20.2. The van der Waals surface area contributed by atoms with Gasteiger partial charge in [0.2, 0.25) is 15.9 Å². The van der Waals surface area contributed by atoms with Gasteiger partial charge in [0.1, 0.15) is 11.2 Å². The van der Waals surface area contributed by atoms with Crippen molar-refractivity contribution in [3.63, 3.8) is 0 Å². The molecule has 2 aromatic carbocycles. The minimum atomic E-state index is -3.93. The van der Waals surface area contributed by atoms with Crippen LogP contribution in [0.15, 0.2) is 59.4 Å². The number of anilines is 3. The number of benzene rings is 2. The fraction of sp³-hybridized carbons (Fsp3) is 0.400. The standard InChI is InChI=1S/C25H30FN3O5S/c1-27(2)21-13-22-24(14-23(21)34-16-20(26)25(30)31)35(32,33)28(3)19(12-11-17-9-10-17)15-29(22)18-7-5-4-6-8-18/h4-8,13-14,16-17,19H,9-12,15H2,1-3H3,(H,30,31)/b20-16-. The van der Waals surface area contributed by atoms with Crippen LogP contribution in [0.3, 0.4) is 0 Å². The van der Waals surface area contributed by atoms with Gasteiger partial charge in [-0.1, -0.05) is 31.0 Å². The van der Waals surface area contributed by atoms with E-state index in [-0.39, 0.29) is 16.7 Å². The summed E-state index contributed by atoms with van der Waals surface area (Å²) in [5, 5.41) is 8.83. The van der Waals surface area contributed by atoms with Crippen molar-refractivity contribution in [2.24, 2.45) is 5.92 Å². The number of fused-ring (bicyclic) bond motifs is 1. The van der Waals surface area contributed by atoms with Gasteiger partial charge in [-0.05, 0) is 37.0 Å². The third-order valence-electron chi connectivity index (χ3n) is 6.54. The number of likely N-dealkylation sites (N-methyl/N-ethyl adjacent to an activating group) is 1. The summed E-state index contributed by atoms with van der Waals surface area (Å²) >= 11 is 0. The second-order valence-corrected chi connectivity index (χ2v) is 11.2. The van der Waals surface area contributed by atoms with Gasteiger partial charge < -0.3 is 19.6 Å². The first-order chi connectivity index (χ1) is 16.6. The van der Waals surface area contributed by atoms with Crippen molar-refractivity contribution in [1.29, 1.82) is 0 Å². The molecule has 2 aliphatic rings. The molecule has 4 rings (SSSR count). The molecule has 1 aliphatic carbocycles. The quantitative estimate of drug-likeness (QED) is 0.423. The largest absolute Gasteiger partial charge is 0.476 e. The van der Waals surface area contributed by atoms with E-state index < -0.39 is 21.8 Å². The molecule has 35 heavy (non-hydrogen) atoms. The highest BCUT2D eigenvalue weighted by atomic mass is 32.2. The molecule has 1 aliphatic heterocycles. The Bertz CT molecular complexity index is 1230. The zero-order valence-electron chi connectivity index (χ0n) is 20.0. The Kier molecular flexibility index (Phi) is 7.05. The Balaban J connectivity index is 1.87. The number of rotatable bonds is 8. The minimum Gasteiger partial charge on any atom is -0.476 e. The molecule has 0 amide bonds. The highest BCUT2D eigenvalue weighted by Gasteiger charge is 2.38. The summed E-state index contributed by atoms with van der Waals surface area (Å²) in [6.45, 7) is 0.472. The van der Waals surface area contributed by atoms with Crippen LogP contribution in [0.25, 0.3) is 0 Å². The molecule has 0 aromatic heterocycles. The summed E-state index contributed by atoms with van der Waals surface area (Å²) < 4.78 is 48.0. The molecule has 8 nitrogen and oxygen atoms in total. The maximum Gasteiger partial charge on any atom is 0.368 e. The Morgan fingerprint density at radius 1 is 1.20 bits per heavy atom. The molecular formula is C25H30FN3O5S. The number of halogens is 1. The number of ether oxygens (including phenoxy) is 1. The molecule has 1 N–H and O–H groups in total. The predicted octanol–water partition coefficient (Wildman–Crippen LogP) is 4.36. The molecule has 1 saturated carbocycles. The summed E-state index contributed by atoms with van der Waals surface area (Å²) in [4.78, 5) is 14.6. The second kappa shape index (κ2) is 9.87. The molecule has 1 atom stereocenters. The second-order valence-electron chi connectivity index (χ2n) is 9.21. The molecule has 0 saturated heterocycles. The molecule has 10 heteroatoms. The van der Waals surface area contributed by atoms with E-state index in [0.717, 1.165) is 18.5 Å². The number of sulfonamides is 1. The van der Waals surface area contributed by atoms with Crippen LogP contribution in [0.1, 0.15) is 25.7 Å². The van der Waals surface area contributed by atoms with Gasteiger partial charge in [-0.2, -0.15) is 8.70 Å². The summed E-state index contributed by atoms with van der Waals surface area (Å²) in [5.74, 6) is -2.56. The Morgan fingerprint density at radius 2 is 1.89 bits per heavy atom. The van der Waals surface area contributed by atoms with Crippen LogP contribution in [0.2, 0.25) is 0 Å². The summed E-state index contributed by atoms with van der Waals surface area (Å²) in [5.41, 5.74) is 1.81. The van der Waals surface area contributed by atoms with E-state index in [1.165, 1.54) is 23.2 Å². The first-order valence-electron chi connectivity index (χ1n) is 11.5. The van der Waals surface area contributed by atoms with Crippen molar-refractivity contribution < 1.29 is 27.4 Å². The van der Waals surface area contributed by atoms with Crippen molar-refractivity contribution in [2.75, 3.05) is 37.5 Å². The highest BCUT2D eigenvalue weighted by Crippen LogP contribution is 2.44. The molecule has 0 spiro atoms. The van der Waals surface area contributed by atoms with E-state index in [1.807, 2.05) is 35.2 Å². The van der Waals surface area contributed by atoms with Gasteiger partial charge in [-0.3, -0.25) is 0 Å². The van der Waals surface area contributed by atoms with Crippen LogP contribution in [0.5, 0.6) is 5.75 Å². The number of hydrogen-bond donors (Lipinski definition) is 1. The van der Waals surface area contributed by atoms with Crippen LogP contribution in [0.4, 0.5) is 21.5 Å². The number of carboxylic acid groups (broad SMARTS) is 1. The Labute approximate surface area is 205 Å². The number of aliphatic carboxylic acids is 1. The maximum atomic E-state index is 13.8. The van der Waals surface area contributed by atoms with Gasteiger partial charge in [0.05, 0.1) is 11.4 Å². The van der Waals surface area contributed by atoms with Crippen molar-refractivity contribution in [3.05, 3.63) is 54.6 Å². The van der Waals surface area contributed by atoms with Gasteiger partial charge in [-0.25, -0.2) is 13.2 Å². The predicted molar refractivity (Wildman–Crippen MR) is 132 cm³/mol. The monoisotopic (exact) mass is 503 g/mol. The fourth-order valence-electron chi connectivity index (χ4n) is 4.30. The third kappa shape index (κ3) is 5.28. The summed E-state index contributed by atoms with van der Waals surface area (Å²) in [6, 6.07) is 12.4. The third-order valence-corrected chi connectivity index (χ3v) is 8.48. The molecular weight excluding hydrogens is 473 g/mol. The Hall–Kier alpha value is -3.11. The number of para-hydroxylation sites is 1. The average molecular weight is 504 g/mol. The molecule has 188 valence electrons. The molecule has 1 fully saturated rings. The van der Waals surface area contributed by atoms with Crippen LogP contribution in [-0.4, -0.2) is 57.5 Å². The van der Waals surface area contributed by atoms with Gasteiger partial charge in [-0.15, -0.1) is 0 Å². The van der Waals surface area contributed by atoms with Crippen LogP contribution in [-0.2, 0) is 14.8 Å². The lowest BCUT2D eigenvalue weighted by atomic mass is 10.1. The maximum absolute atomic E-state index is 13.8. The zero-order chi connectivity index (χ0) is 25.3. The van der Waals surface area contributed by atoms with E-state index in [1.54, 1.807) is 32.1 Å². The minimum absolute atomic E-state index is 0.0162. The van der Waals surface area contributed by atoms with Gasteiger partial charge in [0.15, 0.2) is 5.75 Å². The van der Waals surface area contributed by atoms with Crippen LogP contribution in [0, 0.1) is 5.92 Å². The molecule has 1 heterocycles. The number of hydrogen-bond acceptors (Lipinski definition) is 6. The zero-order valence-corrected chi connectivity index (χ0v) is 20.8. The number of nitrogens with zero attached hydrogens (tertiary/aromatic N) is 3. The lowest BCUT2D eigenvalue weighted by Crippen LogP contribution is -2.40. The van der Waals surface area contributed by atoms with E-state index in [2.05, 4.69) is 0 Å². The van der Waals surface area contributed by atoms with Crippen molar-refractivity contribution in [2.45, 2.75) is 36.6 Å². The molecule has 2 aromatic rings. The smallest absolute Gasteiger partial charge is 0.368 e. The Morgan fingerprint density at radius 3 is 2.49 bits per heavy atom. The lowest BCUT2D eigenvalue weighted by Gasteiger charge is -2.30. The van der Waals surface area contributed by atoms with E-state index in [4.69, 9.17) is 9.84 Å². The van der Waals surface area contributed by atoms with Crippen LogP contribution < -0.4 is 14.5 Å². The van der Waals surface area contributed by atoms with Crippen molar-refractivity contribution in [3.8, 4) is 5.75 Å². The van der Waals surface area contributed by atoms with Crippen molar-refractivity contribution >= 4 is 33.1 Å². The van der Waals surface area contributed by atoms with Gasteiger partial charge >= 0.3 is 5.97 Å². The molecule has 0 bridgehead atoms. The molecule has 1 unspecified atom stereocenters. The number of carbonyl (C=O) groups is 1. The van der Waals surface area contributed by atoms with E-state index in [9.17, 15) is 17.6 Å². The average Bonchev–Trinajstić information content (AvgIpc) is 3.67. The fourth-order valence-corrected chi connectivity index (χ4v) is 5.87. The lowest BCUT2D eigenvalue weighted by molar-refractivity contribution is -0.134. The summed E-state index contributed by atoms with van der Waals surface area (Å²) in [6.07, 6.45) is 4.57. The van der Waals surface area contributed by atoms with Crippen LogP contribution >= 0.6 is 0 Å². The van der Waals surface area contributed by atoms with E-state index in [0.29, 0.717) is 30.1 Å². The summed E-state index contributed by atoms with van der Waals surface area (Å²) in [7, 11) is 1.15. The SMILES string of the molecule is CN(C)c1cc2c(cc1O/C=C(\F)C(=O)O)S(=O)(=O)N(C)C(CCC1CC1)CN2c1ccccc1. The van der Waals surface area contributed by atoms with E-state index >= 15 is 0 Å². The first-order valence-corrected chi connectivity index (χ1v) is 12.9. The van der Waals surface area contributed by atoms with Gasteiger partial charge in [0, 0.05) is 45.5 Å². The highest BCUT2D eigenvalue weighted by molar-refractivity contribution is 7.89. The number of carboxylic acids is 1.